The summed E-state index contributed by atoms with van der Waals surface area (Å²) in [5, 5.41) is 1.01. The summed E-state index contributed by atoms with van der Waals surface area (Å²) >= 11 is 6.02. The van der Waals surface area contributed by atoms with Crippen LogP contribution in [-0.2, 0) is 0 Å². The van der Waals surface area contributed by atoms with E-state index in [1.54, 1.807) is 0 Å². The summed E-state index contributed by atoms with van der Waals surface area (Å²) in [7, 11) is 0. The Hall–Kier alpha value is -0.230. The minimum atomic E-state index is 1.01. The Morgan fingerprint density at radius 3 is 2.46 bits per heavy atom. The van der Waals surface area contributed by atoms with E-state index in [0.717, 1.165) is 11.5 Å². The van der Waals surface area contributed by atoms with Crippen LogP contribution >= 0.6 is 11.6 Å². The van der Waals surface area contributed by atoms with Gasteiger partial charge in [-0.25, -0.2) is 0 Å². The minimum Gasteiger partial charge on any atom is -0.0892 e. The first kappa shape index (κ1) is 10.8. The molecule has 0 atom stereocenters. The van der Waals surface area contributed by atoms with Gasteiger partial charge in [0.25, 0.3) is 0 Å². The fraction of sp³-hybridized carbons (Fsp3) is 0.667. The average molecular weight is 199 g/mol. The van der Waals surface area contributed by atoms with Crippen molar-refractivity contribution in [1.82, 2.24) is 0 Å². The molecule has 0 saturated carbocycles. The SMILES string of the molecule is ClC1=CC=CCCCCCCCC1. The van der Waals surface area contributed by atoms with E-state index in [1.807, 2.05) is 6.08 Å². The van der Waals surface area contributed by atoms with Crippen molar-refractivity contribution >= 4 is 11.6 Å². The molecule has 0 N–H and O–H groups in total. The molecule has 1 heteroatoms. The molecule has 0 aromatic carbocycles. The molecule has 0 nitrogen and oxygen atoms in total. The first-order valence-electron chi connectivity index (χ1n) is 5.41. The van der Waals surface area contributed by atoms with Crippen LogP contribution in [0.25, 0.3) is 0 Å². The Bertz CT molecular complexity index is 180. The lowest BCUT2D eigenvalue weighted by atomic mass is 10.1. The van der Waals surface area contributed by atoms with Crippen LogP contribution in [0.5, 0.6) is 0 Å². The molecule has 0 aliphatic heterocycles. The second-order valence-corrected chi connectivity index (χ2v) is 4.19. The largest absolute Gasteiger partial charge is 0.0892 e. The third-order valence-corrected chi connectivity index (χ3v) is 2.76. The zero-order valence-electron chi connectivity index (χ0n) is 8.27. The molecular formula is C12H19Cl. The van der Waals surface area contributed by atoms with Crippen LogP contribution in [0.1, 0.15) is 51.4 Å². The lowest BCUT2D eigenvalue weighted by Gasteiger charge is -2.02. The van der Waals surface area contributed by atoms with E-state index in [2.05, 4.69) is 12.2 Å². The molecule has 0 unspecified atom stereocenters. The summed E-state index contributed by atoms with van der Waals surface area (Å²) in [6.07, 6.45) is 16.7. The molecule has 1 aliphatic rings. The van der Waals surface area contributed by atoms with Crippen molar-refractivity contribution in [3.8, 4) is 0 Å². The summed E-state index contributed by atoms with van der Waals surface area (Å²) in [5.41, 5.74) is 0. The predicted molar refractivity (Wildman–Crippen MR) is 60.0 cm³/mol. The fourth-order valence-electron chi connectivity index (χ4n) is 1.62. The molecule has 0 heterocycles. The Kier molecular flexibility index (Phi) is 6.01. The summed E-state index contributed by atoms with van der Waals surface area (Å²) in [6, 6.07) is 0. The number of hydrogen-bond acceptors (Lipinski definition) is 0. The van der Waals surface area contributed by atoms with Gasteiger partial charge in [-0.2, -0.15) is 0 Å². The Labute approximate surface area is 86.7 Å². The number of halogens is 1. The maximum atomic E-state index is 6.02. The molecule has 13 heavy (non-hydrogen) atoms. The van der Waals surface area contributed by atoms with Gasteiger partial charge in [0.1, 0.15) is 0 Å². The van der Waals surface area contributed by atoms with E-state index in [4.69, 9.17) is 11.6 Å². The van der Waals surface area contributed by atoms with E-state index in [1.165, 1.54) is 44.9 Å². The molecule has 1 rings (SSSR count). The third kappa shape index (κ3) is 5.93. The first-order chi connectivity index (χ1) is 6.39. The molecule has 74 valence electrons. The lowest BCUT2D eigenvalue weighted by Crippen LogP contribution is -1.82. The van der Waals surface area contributed by atoms with E-state index >= 15 is 0 Å². The van der Waals surface area contributed by atoms with Gasteiger partial charge < -0.3 is 0 Å². The van der Waals surface area contributed by atoms with Gasteiger partial charge in [0, 0.05) is 5.03 Å². The van der Waals surface area contributed by atoms with Crippen molar-refractivity contribution in [3.63, 3.8) is 0 Å². The average Bonchev–Trinajstić information content (AvgIpc) is 2.11. The van der Waals surface area contributed by atoms with Crippen LogP contribution in [0.4, 0.5) is 0 Å². The van der Waals surface area contributed by atoms with E-state index < -0.39 is 0 Å². The van der Waals surface area contributed by atoms with Gasteiger partial charge >= 0.3 is 0 Å². The van der Waals surface area contributed by atoms with Crippen LogP contribution in [0.3, 0.4) is 0 Å². The smallest absolute Gasteiger partial charge is 0.0180 e. The maximum absolute atomic E-state index is 6.02. The predicted octanol–water partition coefficient (Wildman–Crippen LogP) is 4.80. The van der Waals surface area contributed by atoms with Crippen molar-refractivity contribution < 1.29 is 0 Å². The molecule has 0 bridgehead atoms. The summed E-state index contributed by atoms with van der Waals surface area (Å²) in [4.78, 5) is 0. The monoisotopic (exact) mass is 198 g/mol. The number of rotatable bonds is 0. The molecule has 0 fully saturated rings. The first-order valence-corrected chi connectivity index (χ1v) is 5.78. The van der Waals surface area contributed by atoms with Crippen LogP contribution in [-0.4, -0.2) is 0 Å². The molecule has 0 saturated heterocycles. The molecule has 1 aliphatic carbocycles. The van der Waals surface area contributed by atoms with Crippen LogP contribution in [0, 0.1) is 0 Å². The Morgan fingerprint density at radius 2 is 1.62 bits per heavy atom. The van der Waals surface area contributed by atoms with E-state index in [9.17, 15) is 0 Å². The molecule has 0 spiro atoms. The third-order valence-electron chi connectivity index (χ3n) is 2.45. The van der Waals surface area contributed by atoms with Crippen molar-refractivity contribution in [2.24, 2.45) is 0 Å². The lowest BCUT2D eigenvalue weighted by molar-refractivity contribution is 0.598. The molecule has 0 radical (unpaired) electrons. The number of hydrogen-bond donors (Lipinski definition) is 0. The molecule has 0 amide bonds. The Balaban J connectivity index is 2.34. The summed E-state index contributed by atoms with van der Waals surface area (Å²) in [6.45, 7) is 0. The Morgan fingerprint density at radius 1 is 0.923 bits per heavy atom. The quantitative estimate of drug-likeness (QED) is 0.525. The molecular weight excluding hydrogens is 180 g/mol. The van der Waals surface area contributed by atoms with E-state index in [-0.39, 0.29) is 0 Å². The van der Waals surface area contributed by atoms with Crippen molar-refractivity contribution in [1.29, 1.82) is 0 Å². The van der Waals surface area contributed by atoms with Crippen molar-refractivity contribution in [2.75, 3.05) is 0 Å². The highest BCUT2D eigenvalue weighted by molar-refractivity contribution is 6.29. The van der Waals surface area contributed by atoms with Gasteiger partial charge in [0.05, 0.1) is 0 Å². The number of allylic oxidation sites excluding steroid dienone is 4. The fourth-order valence-corrected chi connectivity index (χ4v) is 1.82. The van der Waals surface area contributed by atoms with Gasteiger partial charge in [-0.1, -0.05) is 49.4 Å². The highest BCUT2D eigenvalue weighted by Gasteiger charge is 1.94. The van der Waals surface area contributed by atoms with Gasteiger partial charge in [-0.3, -0.25) is 0 Å². The van der Waals surface area contributed by atoms with Crippen molar-refractivity contribution in [3.05, 3.63) is 23.3 Å². The maximum Gasteiger partial charge on any atom is 0.0180 e. The van der Waals surface area contributed by atoms with Crippen LogP contribution in [0.15, 0.2) is 23.3 Å². The van der Waals surface area contributed by atoms with Crippen molar-refractivity contribution in [2.45, 2.75) is 51.4 Å². The topological polar surface area (TPSA) is 0 Å². The zero-order chi connectivity index (χ0) is 9.36. The van der Waals surface area contributed by atoms with Crippen LogP contribution < -0.4 is 0 Å². The van der Waals surface area contributed by atoms with E-state index in [0.29, 0.717) is 0 Å². The highest BCUT2D eigenvalue weighted by Crippen LogP contribution is 2.16. The van der Waals surface area contributed by atoms with Crippen LogP contribution in [0.2, 0.25) is 0 Å². The second kappa shape index (κ2) is 7.20. The van der Waals surface area contributed by atoms with Gasteiger partial charge in [-0.05, 0) is 31.8 Å². The highest BCUT2D eigenvalue weighted by atomic mass is 35.5. The summed E-state index contributed by atoms with van der Waals surface area (Å²) in [5.74, 6) is 0. The normalized spacial score (nSPS) is 21.5. The standard InChI is InChI=1S/C12H19Cl/c13-12-10-8-6-4-2-1-3-5-7-9-11-12/h6,8,10H,1-5,7,9,11H2. The van der Waals surface area contributed by atoms with Gasteiger partial charge in [-0.15, -0.1) is 0 Å². The van der Waals surface area contributed by atoms with Gasteiger partial charge in [0.2, 0.25) is 0 Å². The second-order valence-electron chi connectivity index (χ2n) is 3.70. The summed E-state index contributed by atoms with van der Waals surface area (Å²) < 4.78 is 0. The molecule has 0 aromatic heterocycles. The minimum absolute atomic E-state index is 1.01. The van der Waals surface area contributed by atoms with Gasteiger partial charge in [0.15, 0.2) is 0 Å². The zero-order valence-corrected chi connectivity index (χ0v) is 9.02. The molecule has 0 aromatic rings.